The molecule has 1 aliphatic carbocycles. The molecule has 0 aliphatic heterocycles. The summed E-state index contributed by atoms with van der Waals surface area (Å²) >= 11 is 0. The lowest BCUT2D eigenvalue weighted by Crippen LogP contribution is -2.36. The van der Waals surface area contributed by atoms with Gasteiger partial charge in [0.15, 0.2) is 0 Å². The molecule has 10 nitrogen and oxygen atoms in total. The fourth-order valence-corrected chi connectivity index (χ4v) is 4.43. The van der Waals surface area contributed by atoms with Crippen molar-refractivity contribution in [1.29, 1.82) is 0 Å². The fraction of sp³-hybridized carbons (Fsp3) is 0.346. The van der Waals surface area contributed by atoms with E-state index in [-0.39, 0.29) is 22.9 Å². The SMILES string of the molecule is Cc1noc(-c2ccc(NC(=O)[C@H]3CCCC[C@@H]3C(=O)O)cn2)c1NC(=O)O[C@H](C)c1ccccc1F. The molecule has 3 N–H and O–H groups in total. The summed E-state index contributed by atoms with van der Waals surface area (Å²) < 4.78 is 24.7. The number of carbonyl (C=O) groups is 3. The van der Waals surface area contributed by atoms with Crippen LogP contribution >= 0.6 is 0 Å². The van der Waals surface area contributed by atoms with Gasteiger partial charge in [0.05, 0.1) is 23.7 Å². The zero-order valence-corrected chi connectivity index (χ0v) is 20.4. The molecule has 3 atom stereocenters. The van der Waals surface area contributed by atoms with E-state index < -0.39 is 35.8 Å². The average Bonchev–Trinajstić information content (AvgIpc) is 3.24. The summed E-state index contributed by atoms with van der Waals surface area (Å²) in [6.45, 7) is 3.18. The molecule has 3 aromatic rings. The summed E-state index contributed by atoms with van der Waals surface area (Å²) in [5.41, 5.74) is 1.58. The number of carbonyl (C=O) groups excluding carboxylic acids is 2. The number of pyridine rings is 1. The molecule has 194 valence electrons. The zero-order valence-electron chi connectivity index (χ0n) is 20.4. The summed E-state index contributed by atoms with van der Waals surface area (Å²) in [5, 5.41) is 18.6. The number of hydrogen-bond acceptors (Lipinski definition) is 7. The van der Waals surface area contributed by atoms with E-state index in [1.54, 1.807) is 38.1 Å². The van der Waals surface area contributed by atoms with Crippen LogP contribution in [0.25, 0.3) is 11.5 Å². The highest BCUT2D eigenvalue weighted by molar-refractivity contribution is 5.95. The molecular weight excluding hydrogens is 483 g/mol. The minimum absolute atomic E-state index is 0.170. The maximum Gasteiger partial charge on any atom is 0.412 e. The maximum atomic E-state index is 14.0. The number of aryl methyl sites for hydroxylation is 1. The van der Waals surface area contributed by atoms with Crippen LogP contribution in [0.1, 0.15) is 50.0 Å². The number of rotatable bonds is 7. The molecular formula is C26H27FN4O6. The lowest BCUT2D eigenvalue weighted by atomic mass is 9.78. The topological polar surface area (TPSA) is 144 Å². The lowest BCUT2D eigenvalue weighted by Gasteiger charge is -2.27. The molecule has 0 unspecified atom stereocenters. The second-order valence-electron chi connectivity index (χ2n) is 8.92. The van der Waals surface area contributed by atoms with E-state index >= 15 is 0 Å². The maximum absolute atomic E-state index is 14.0. The summed E-state index contributed by atoms with van der Waals surface area (Å²) in [5.74, 6) is -2.93. The van der Waals surface area contributed by atoms with Crippen molar-refractivity contribution in [1.82, 2.24) is 10.1 Å². The van der Waals surface area contributed by atoms with Crippen molar-refractivity contribution >= 4 is 29.3 Å². The molecule has 0 saturated heterocycles. The van der Waals surface area contributed by atoms with Gasteiger partial charge in [-0.1, -0.05) is 36.2 Å². The van der Waals surface area contributed by atoms with E-state index in [0.717, 1.165) is 12.8 Å². The molecule has 0 radical (unpaired) electrons. The van der Waals surface area contributed by atoms with Gasteiger partial charge in [-0.25, -0.2) is 9.18 Å². The molecule has 0 spiro atoms. The second-order valence-corrected chi connectivity index (χ2v) is 8.92. The van der Waals surface area contributed by atoms with E-state index in [2.05, 4.69) is 20.8 Å². The molecule has 11 heteroatoms. The third-order valence-electron chi connectivity index (χ3n) is 6.40. The van der Waals surface area contributed by atoms with Crippen LogP contribution in [0.2, 0.25) is 0 Å². The quantitative estimate of drug-likeness (QED) is 0.387. The van der Waals surface area contributed by atoms with Crippen molar-refractivity contribution in [3.05, 3.63) is 59.7 Å². The third-order valence-corrected chi connectivity index (χ3v) is 6.40. The third kappa shape index (κ3) is 5.93. The monoisotopic (exact) mass is 510 g/mol. The number of amides is 2. The van der Waals surface area contributed by atoms with Crippen LogP contribution in [0, 0.1) is 24.6 Å². The molecule has 2 aromatic heterocycles. The second kappa shape index (κ2) is 11.2. The van der Waals surface area contributed by atoms with Gasteiger partial charge in [0.25, 0.3) is 0 Å². The number of carboxylic acids is 1. The first-order valence-corrected chi connectivity index (χ1v) is 11.9. The van der Waals surface area contributed by atoms with E-state index in [4.69, 9.17) is 9.26 Å². The molecule has 37 heavy (non-hydrogen) atoms. The van der Waals surface area contributed by atoms with Crippen LogP contribution in [0.4, 0.5) is 20.6 Å². The number of benzene rings is 1. The van der Waals surface area contributed by atoms with Gasteiger partial charge in [-0.3, -0.25) is 19.9 Å². The Morgan fingerprint density at radius 2 is 1.84 bits per heavy atom. The van der Waals surface area contributed by atoms with Gasteiger partial charge >= 0.3 is 12.1 Å². The normalized spacial score (nSPS) is 18.0. The Kier molecular flexibility index (Phi) is 7.80. The van der Waals surface area contributed by atoms with Crippen LogP contribution < -0.4 is 10.6 Å². The highest BCUT2D eigenvalue weighted by atomic mass is 19.1. The van der Waals surface area contributed by atoms with Gasteiger partial charge in [0, 0.05) is 5.56 Å². The first-order valence-electron chi connectivity index (χ1n) is 11.9. The van der Waals surface area contributed by atoms with Crippen molar-refractivity contribution in [3.8, 4) is 11.5 Å². The van der Waals surface area contributed by atoms with Crippen molar-refractivity contribution in [3.63, 3.8) is 0 Å². The zero-order chi connectivity index (χ0) is 26.5. The Bertz CT molecular complexity index is 1290. The Hall–Kier alpha value is -4.28. The van der Waals surface area contributed by atoms with Gasteiger partial charge < -0.3 is 19.7 Å². The summed E-state index contributed by atoms with van der Waals surface area (Å²) in [6, 6.07) is 9.18. The molecule has 1 saturated carbocycles. The Morgan fingerprint density at radius 1 is 1.11 bits per heavy atom. The fourth-order valence-electron chi connectivity index (χ4n) is 4.43. The number of nitrogens with zero attached hydrogens (tertiary/aromatic N) is 2. The predicted octanol–water partition coefficient (Wildman–Crippen LogP) is 5.32. The number of hydrogen-bond donors (Lipinski definition) is 3. The van der Waals surface area contributed by atoms with Gasteiger partial charge in [0.1, 0.15) is 29.0 Å². The lowest BCUT2D eigenvalue weighted by molar-refractivity contribution is -0.147. The predicted molar refractivity (Wildman–Crippen MR) is 131 cm³/mol. The van der Waals surface area contributed by atoms with Crippen LogP contribution in [0.5, 0.6) is 0 Å². The first-order chi connectivity index (χ1) is 17.7. The van der Waals surface area contributed by atoms with E-state index in [1.807, 2.05) is 0 Å². The standard InChI is InChI=1S/C26H27FN4O6/c1-14-22(30-26(35)36-15(2)17-7-5-6-10-20(17)27)23(37-31-14)21-12-11-16(13-28-21)29-24(32)18-8-3-4-9-19(18)25(33)34/h5-7,10-13,15,18-19H,3-4,8-9H2,1-2H3,(H,29,32)(H,30,35)(H,33,34)/t15-,18+,19+/m1/s1. The number of anilines is 2. The number of aliphatic carboxylic acids is 1. The van der Waals surface area contributed by atoms with E-state index in [9.17, 15) is 23.9 Å². The van der Waals surface area contributed by atoms with Crippen molar-refractivity contribution in [2.45, 2.75) is 45.6 Å². The summed E-state index contributed by atoms with van der Waals surface area (Å²) in [6.07, 6.45) is 2.34. The smallest absolute Gasteiger partial charge is 0.412 e. The van der Waals surface area contributed by atoms with Gasteiger partial charge in [-0.2, -0.15) is 0 Å². The summed E-state index contributed by atoms with van der Waals surface area (Å²) in [4.78, 5) is 41.0. The number of carboxylic acid groups (broad SMARTS) is 1. The largest absolute Gasteiger partial charge is 0.481 e. The first kappa shape index (κ1) is 25.8. The van der Waals surface area contributed by atoms with Crippen molar-refractivity contribution in [2.24, 2.45) is 11.8 Å². The highest BCUT2D eigenvalue weighted by Crippen LogP contribution is 2.33. The van der Waals surface area contributed by atoms with Gasteiger partial charge in [0.2, 0.25) is 11.7 Å². The Labute approximate surface area is 212 Å². The molecule has 2 heterocycles. The Balaban J connectivity index is 1.43. The van der Waals surface area contributed by atoms with Gasteiger partial charge in [-0.05, 0) is 44.9 Å². The molecule has 0 bridgehead atoms. The van der Waals surface area contributed by atoms with E-state index in [1.165, 1.54) is 18.3 Å². The van der Waals surface area contributed by atoms with Crippen molar-refractivity contribution in [2.75, 3.05) is 10.6 Å². The number of halogens is 1. The average molecular weight is 511 g/mol. The molecule has 1 aromatic carbocycles. The molecule has 2 amide bonds. The minimum atomic E-state index is -0.962. The van der Waals surface area contributed by atoms with Crippen LogP contribution in [0.3, 0.4) is 0 Å². The molecule has 1 fully saturated rings. The molecule has 1 aliphatic rings. The van der Waals surface area contributed by atoms with E-state index in [0.29, 0.717) is 29.9 Å². The van der Waals surface area contributed by atoms with Crippen molar-refractivity contribution < 1.29 is 33.1 Å². The number of ether oxygens (including phenoxy) is 1. The number of aromatic nitrogens is 2. The van der Waals surface area contributed by atoms with Crippen LogP contribution in [-0.4, -0.2) is 33.2 Å². The minimum Gasteiger partial charge on any atom is -0.481 e. The van der Waals surface area contributed by atoms with Crippen LogP contribution in [-0.2, 0) is 14.3 Å². The molecule has 4 rings (SSSR count). The number of nitrogens with one attached hydrogen (secondary N) is 2. The Morgan fingerprint density at radius 3 is 2.51 bits per heavy atom. The summed E-state index contributed by atoms with van der Waals surface area (Å²) in [7, 11) is 0. The highest BCUT2D eigenvalue weighted by Gasteiger charge is 2.35. The van der Waals surface area contributed by atoms with Crippen LogP contribution in [0.15, 0.2) is 47.1 Å². The van der Waals surface area contributed by atoms with Gasteiger partial charge in [-0.15, -0.1) is 0 Å².